The van der Waals surface area contributed by atoms with Crippen LogP contribution < -0.4 is 5.32 Å². The monoisotopic (exact) mass is 264 g/mol. The van der Waals surface area contributed by atoms with Gasteiger partial charge < -0.3 is 9.73 Å². The van der Waals surface area contributed by atoms with Crippen LogP contribution >= 0.6 is 0 Å². The number of hydrogen-bond acceptors (Lipinski definition) is 4. The average molecular weight is 264 g/mol. The molecule has 5 heteroatoms. The lowest BCUT2D eigenvalue weighted by Gasteiger charge is -2.12. The molecule has 1 aliphatic heterocycles. The van der Waals surface area contributed by atoms with Gasteiger partial charge in [-0.1, -0.05) is 20.8 Å². The van der Waals surface area contributed by atoms with Crippen LogP contribution in [0.2, 0.25) is 0 Å². The molecule has 1 saturated heterocycles. The minimum Gasteiger partial charge on any atom is -0.463 e. The Morgan fingerprint density at radius 3 is 2.63 bits per heavy atom. The van der Waals surface area contributed by atoms with Crippen LogP contribution in [0.15, 0.2) is 16.5 Å². The van der Waals surface area contributed by atoms with Crippen molar-refractivity contribution in [2.75, 3.05) is 0 Å². The van der Waals surface area contributed by atoms with Gasteiger partial charge in [-0.25, -0.2) is 0 Å². The van der Waals surface area contributed by atoms with Gasteiger partial charge in [0.2, 0.25) is 11.8 Å². The van der Waals surface area contributed by atoms with E-state index in [1.54, 1.807) is 6.92 Å². The SMILES string of the molecule is CC(C)NCc1ccc(CN2C(=O)CC(C)C2=O)o1. The van der Waals surface area contributed by atoms with Crippen molar-refractivity contribution < 1.29 is 14.0 Å². The van der Waals surface area contributed by atoms with Crippen LogP contribution in [0.1, 0.15) is 38.7 Å². The lowest BCUT2D eigenvalue weighted by Crippen LogP contribution is -2.29. The molecule has 1 atom stereocenters. The van der Waals surface area contributed by atoms with Gasteiger partial charge in [0.05, 0.1) is 13.1 Å². The van der Waals surface area contributed by atoms with Gasteiger partial charge in [-0.3, -0.25) is 14.5 Å². The maximum absolute atomic E-state index is 11.8. The van der Waals surface area contributed by atoms with Crippen LogP contribution in [0.5, 0.6) is 0 Å². The minimum absolute atomic E-state index is 0.108. The van der Waals surface area contributed by atoms with E-state index in [4.69, 9.17) is 4.42 Å². The van der Waals surface area contributed by atoms with Crippen LogP contribution in [0.3, 0.4) is 0 Å². The first-order valence-corrected chi connectivity index (χ1v) is 6.62. The highest BCUT2D eigenvalue weighted by atomic mass is 16.3. The first kappa shape index (κ1) is 13.8. The largest absolute Gasteiger partial charge is 0.463 e. The molecule has 5 nitrogen and oxygen atoms in total. The summed E-state index contributed by atoms with van der Waals surface area (Å²) in [7, 11) is 0. The minimum atomic E-state index is -0.204. The van der Waals surface area contributed by atoms with Gasteiger partial charge in [-0.15, -0.1) is 0 Å². The number of furan rings is 1. The van der Waals surface area contributed by atoms with Crippen molar-refractivity contribution in [1.29, 1.82) is 0 Å². The van der Waals surface area contributed by atoms with Gasteiger partial charge in [0, 0.05) is 18.4 Å². The Morgan fingerprint density at radius 2 is 2.05 bits per heavy atom. The third kappa shape index (κ3) is 3.23. The van der Waals surface area contributed by atoms with Gasteiger partial charge >= 0.3 is 0 Å². The first-order chi connectivity index (χ1) is 8.97. The van der Waals surface area contributed by atoms with E-state index in [9.17, 15) is 9.59 Å². The molecular formula is C14H20N2O3. The molecule has 2 rings (SSSR count). The van der Waals surface area contributed by atoms with Crippen molar-refractivity contribution in [2.24, 2.45) is 5.92 Å². The van der Waals surface area contributed by atoms with E-state index in [0.717, 1.165) is 5.76 Å². The standard InChI is InChI=1S/C14H20N2O3/c1-9(2)15-7-11-4-5-12(19-11)8-16-13(17)6-10(3)14(16)18/h4-5,9-10,15H,6-8H2,1-3H3. The lowest BCUT2D eigenvalue weighted by molar-refractivity contribution is -0.140. The number of nitrogens with zero attached hydrogens (tertiary/aromatic N) is 1. The molecule has 0 bridgehead atoms. The molecule has 1 aromatic heterocycles. The van der Waals surface area contributed by atoms with E-state index >= 15 is 0 Å². The molecule has 0 aliphatic carbocycles. The predicted molar refractivity (Wildman–Crippen MR) is 70.0 cm³/mol. The summed E-state index contributed by atoms with van der Waals surface area (Å²) in [5, 5.41) is 3.25. The number of carbonyl (C=O) groups is 2. The maximum atomic E-state index is 11.8. The van der Waals surface area contributed by atoms with E-state index in [-0.39, 0.29) is 24.3 Å². The molecule has 0 saturated carbocycles. The average Bonchev–Trinajstić information content (AvgIpc) is 2.88. The summed E-state index contributed by atoms with van der Waals surface area (Å²) >= 11 is 0. The Kier molecular flexibility index (Phi) is 4.04. The summed E-state index contributed by atoms with van der Waals surface area (Å²) < 4.78 is 5.62. The van der Waals surface area contributed by atoms with Crippen molar-refractivity contribution in [1.82, 2.24) is 10.2 Å². The molecule has 104 valence electrons. The molecule has 0 radical (unpaired) electrons. The van der Waals surface area contributed by atoms with Crippen molar-refractivity contribution in [2.45, 2.75) is 46.3 Å². The Balaban J connectivity index is 1.96. The zero-order valence-electron chi connectivity index (χ0n) is 11.6. The molecule has 2 heterocycles. The van der Waals surface area contributed by atoms with Gasteiger partial charge in [-0.2, -0.15) is 0 Å². The fourth-order valence-corrected chi connectivity index (χ4v) is 2.08. The fourth-order valence-electron chi connectivity index (χ4n) is 2.08. The Hall–Kier alpha value is -1.62. The summed E-state index contributed by atoms with van der Waals surface area (Å²) in [5.41, 5.74) is 0. The summed E-state index contributed by atoms with van der Waals surface area (Å²) in [6.07, 6.45) is 0.307. The van der Waals surface area contributed by atoms with Crippen molar-refractivity contribution in [3.05, 3.63) is 23.7 Å². The van der Waals surface area contributed by atoms with Crippen LogP contribution in [-0.2, 0) is 22.7 Å². The van der Waals surface area contributed by atoms with E-state index in [1.165, 1.54) is 4.90 Å². The van der Waals surface area contributed by atoms with Crippen LogP contribution in [0, 0.1) is 5.92 Å². The van der Waals surface area contributed by atoms with Crippen LogP contribution in [0.4, 0.5) is 0 Å². The van der Waals surface area contributed by atoms with E-state index in [2.05, 4.69) is 19.2 Å². The van der Waals surface area contributed by atoms with E-state index in [0.29, 0.717) is 24.8 Å². The second-order valence-corrected chi connectivity index (χ2v) is 5.33. The van der Waals surface area contributed by atoms with E-state index < -0.39 is 0 Å². The number of nitrogens with one attached hydrogen (secondary N) is 1. The van der Waals surface area contributed by atoms with Gasteiger partial charge in [0.15, 0.2) is 0 Å². The molecule has 1 unspecified atom stereocenters. The number of carbonyl (C=O) groups excluding carboxylic acids is 2. The quantitative estimate of drug-likeness (QED) is 0.822. The summed E-state index contributed by atoms with van der Waals surface area (Å²) in [6, 6.07) is 4.08. The number of hydrogen-bond donors (Lipinski definition) is 1. The summed E-state index contributed by atoms with van der Waals surface area (Å²) in [4.78, 5) is 24.7. The lowest BCUT2D eigenvalue weighted by atomic mass is 10.1. The molecule has 1 aliphatic rings. The van der Waals surface area contributed by atoms with Crippen molar-refractivity contribution in [3.63, 3.8) is 0 Å². The zero-order chi connectivity index (χ0) is 14.0. The Labute approximate surface area is 113 Å². The Bertz CT molecular complexity index is 479. The third-order valence-corrected chi connectivity index (χ3v) is 3.19. The van der Waals surface area contributed by atoms with Crippen LogP contribution in [-0.4, -0.2) is 22.8 Å². The molecule has 1 fully saturated rings. The van der Waals surface area contributed by atoms with Gasteiger partial charge in [-0.05, 0) is 12.1 Å². The highest BCUT2D eigenvalue weighted by Crippen LogP contribution is 2.21. The topological polar surface area (TPSA) is 62.6 Å². The molecule has 0 spiro atoms. The van der Waals surface area contributed by atoms with Gasteiger partial charge in [0.1, 0.15) is 11.5 Å². The first-order valence-electron chi connectivity index (χ1n) is 6.62. The second kappa shape index (κ2) is 5.57. The maximum Gasteiger partial charge on any atom is 0.232 e. The fraction of sp³-hybridized carbons (Fsp3) is 0.571. The second-order valence-electron chi connectivity index (χ2n) is 5.33. The Morgan fingerprint density at radius 1 is 1.37 bits per heavy atom. The summed E-state index contributed by atoms with van der Waals surface area (Å²) in [6.45, 7) is 6.79. The van der Waals surface area contributed by atoms with Crippen molar-refractivity contribution in [3.8, 4) is 0 Å². The van der Waals surface area contributed by atoms with E-state index in [1.807, 2.05) is 12.1 Å². The molecule has 2 amide bonds. The molecule has 0 aromatic carbocycles. The molecule has 1 aromatic rings. The number of likely N-dealkylation sites (tertiary alicyclic amines) is 1. The highest BCUT2D eigenvalue weighted by molar-refractivity contribution is 6.03. The smallest absolute Gasteiger partial charge is 0.232 e. The third-order valence-electron chi connectivity index (χ3n) is 3.19. The normalized spacial score (nSPS) is 19.8. The van der Waals surface area contributed by atoms with Crippen molar-refractivity contribution >= 4 is 11.8 Å². The number of rotatable bonds is 5. The summed E-state index contributed by atoms with van der Waals surface area (Å²) in [5.74, 6) is 1.04. The predicted octanol–water partition coefficient (Wildman–Crippen LogP) is 1.67. The molecule has 1 N–H and O–H groups in total. The number of imide groups is 1. The zero-order valence-corrected chi connectivity index (χ0v) is 11.6. The molecule has 19 heavy (non-hydrogen) atoms. The van der Waals surface area contributed by atoms with Gasteiger partial charge in [0.25, 0.3) is 0 Å². The molecular weight excluding hydrogens is 244 g/mol. The van der Waals surface area contributed by atoms with Crippen LogP contribution in [0.25, 0.3) is 0 Å². The number of amides is 2. The highest BCUT2D eigenvalue weighted by Gasteiger charge is 2.35.